The summed E-state index contributed by atoms with van der Waals surface area (Å²) in [5, 5.41) is 1.82. The molecule has 1 aromatic heterocycles. The molecular formula is C19H20ClN2O3P. The number of aromatic amines is 1. The molecule has 136 valence electrons. The molecule has 0 saturated carbocycles. The number of halogens is 1. The van der Waals surface area contributed by atoms with Crippen molar-refractivity contribution >= 4 is 46.4 Å². The predicted molar refractivity (Wildman–Crippen MR) is 106 cm³/mol. The van der Waals surface area contributed by atoms with Crippen LogP contribution in [-0.4, -0.2) is 18.0 Å². The minimum atomic E-state index is -3.56. The van der Waals surface area contributed by atoms with E-state index in [2.05, 4.69) is 11.9 Å². The zero-order valence-corrected chi connectivity index (χ0v) is 16.2. The van der Waals surface area contributed by atoms with Gasteiger partial charge in [-0.2, -0.15) is 0 Å². The van der Waals surface area contributed by atoms with Crippen LogP contribution in [0.25, 0.3) is 10.9 Å². The van der Waals surface area contributed by atoms with Crippen molar-refractivity contribution < 1.29 is 13.9 Å². The van der Waals surface area contributed by atoms with Crippen LogP contribution in [0.2, 0.25) is 5.02 Å². The first kappa shape index (κ1) is 18.7. The predicted octanol–water partition coefficient (Wildman–Crippen LogP) is 3.75. The topological polar surface area (TPSA) is 85.2 Å². The molecule has 1 amide bonds. The largest absolute Gasteiger partial charge is 0.364 e. The number of hydrogen-bond acceptors (Lipinski definition) is 3. The van der Waals surface area contributed by atoms with E-state index in [1.54, 1.807) is 24.3 Å². The van der Waals surface area contributed by atoms with Crippen molar-refractivity contribution in [3.63, 3.8) is 0 Å². The molecule has 7 heteroatoms. The van der Waals surface area contributed by atoms with E-state index in [1.807, 2.05) is 18.2 Å². The van der Waals surface area contributed by atoms with Crippen LogP contribution in [0, 0.1) is 0 Å². The van der Waals surface area contributed by atoms with Gasteiger partial charge in [-0.15, -0.1) is 0 Å². The molecule has 3 aromatic rings. The SMILES string of the molecule is CCCc1cccc(P(=O)(OC)c2c(C(N)=O)[nH]c3ccc(Cl)cc23)c1. The lowest BCUT2D eigenvalue weighted by Crippen LogP contribution is -2.26. The van der Waals surface area contributed by atoms with E-state index in [-0.39, 0.29) is 11.0 Å². The molecular weight excluding hydrogens is 371 g/mol. The van der Waals surface area contributed by atoms with Crippen LogP contribution in [0.15, 0.2) is 42.5 Å². The van der Waals surface area contributed by atoms with E-state index in [0.29, 0.717) is 21.2 Å². The minimum absolute atomic E-state index is 0.0772. The number of benzene rings is 2. The Morgan fingerprint density at radius 3 is 2.69 bits per heavy atom. The Kier molecular flexibility index (Phi) is 5.24. The summed E-state index contributed by atoms with van der Waals surface area (Å²) < 4.78 is 19.5. The molecule has 0 saturated heterocycles. The van der Waals surface area contributed by atoms with Gasteiger partial charge in [0, 0.05) is 28.3 Å². The van der Waals surface area contributed by atoms with Crippen LogP contribution in [0.4, 0.5) is 0 Å². The van der Waals surface area contributed by atoms with Gasteiger partial charge in [-0.05, 0) is 42.3 Å². The van der Waals surface area contributed by atoms with Crippen molar-refractivity contribution in [3.8, 4) is 0 Å². The molecule has 1 heterocycles. The third-order valence-corrected chi connectivity index (χ3v) is 7.08. The monoisotopic (exact) mass is 390 g/mol. The Hall–Kier alpha value is -2.07. The zero-order chi connectivity index (χ0) is 18.9. The molecule has 0 aliphatic rings. The number of rotatable bonds is 6. The fraction of sp³-hybridized carbons (Fsp3) is 0.211. The van der Waals surface area contributed by atoms with Crippen molar-refractivity contribution in [1.82, 2.24) is 4.98 Å². The number of H-pyrrole nitrogens is 1. The minimum Gasteiger partial charge on any atom is -0.364 e. The van der Waals surface area contributed by atoms with E-state index >= 15 is 0 Å². The summed E-state index contributed by atoms with van der Waals surface area (Å²) in [6.45, 7) is 2.08. The Bertz CT molecular complexity index is 1030. The lowest BCUT2D eigenvalue weighted by atomic mass is 10.1. The first-order valence-electron chi connectivity index (χ1n) is 8.27. The van der Waals surface area contributed by atoms with Gasteiger partial charge in [0.2, 0.25) is 0 Å². The van der Waals surface area contributed by atoms with Gasteiger partial charge in [0.1, 0.15) is 5.69 Å². The highest BCUT2D eigenvalue weighted by atomic mass is 35.5. The summed E-state index contributed by atoms with van der Waals surface area (Å²) in [6.07, 6.45) is 1.83. The van der Waals surface area contributed by atoms with Crippen molar-refractivity contribution in [2.45, 2.75) is 19.8 Å². The summed E-state index contributed by atoms with van der Waals surface area (Å²) in [5.74, 6) is -0.700. The van der Waals surface area contributed by atoms with E-state index in [4.69, 9.17) is 21.9 Å². The zero-order valence-electron chi connectivity index (χ0n) is 14.6. The number of hydrogen-bond donors (Lipinski definition) is 2. The van der Waals surface area contributed by atoms with Gasteiger partial charge in [-0.3, -0.25) is 9.36 Å². The highest BCUT2D eigenvalue weighted by Gasteiger charge is 2.35. The van der Waals surface area contributed by atoms with E-state index < -0.39 is 13.3 Å². The fourth-order valence-corrected chi connectivity index (χ4v) is 5.55. The molecule has 2 aromatic carbocycles. The lowest BCUT2D eigenvalue weighted by molar-refractivity contribution is 0.0997. The van der Waals surface area contributed by atoms with Crippen LogP contribution in [0.5, 0.6) is 0 Å². The maximum absolute atomic E-state index is 14.0. The Morgan fingerprint density at radius 2 is 2.04 bits per heavy atom. The summed E-state index contributed by atoms with van der Waals surface area (Å²) in [6, 6.07) is 12.5. The summed E-state index contributed by atoms with van der Waals surface area (Å²) >= 11 is 6.12. The second-order valence-electron chi connectivity index (χ2n) is 6.06. The molecule has 0 aliphatic heterocycles. The smallest absolute Gasteiger partial charge is 0.266 e. The van der Waals surface area contributed by atoms with Gasteiger partial charge >= 0.3 is 0 Å². The number of primary amides is 1. The van der Waals surface area contributed by atoms with Gasteiger partial charge in [0.25, 0.3) is 13.3 Å². The van der Waals surface area contributed by atoms with Crippen molar-refractivity contribution in [2.75, 3.05) is 7.11 Å². The van der Waals surface area contributed by atoms with E-state index in [0.717, 1.165) is 18.4 Å². The number of nitrogens with two attached hydrogens (primary N) is 1. The molecule has 0 bridgehead atoms. The number of carbonyl (C=O) groups excluding carboxylic acids is 1. The number of nitrogens with one attached hydrogen (secondary N) is 1. The summed E-state index contributed by atoms with van der Waals surface area (Å²) in [4.78, 5) is 15.0. The number of aromatic nitrogens is 1. The average molecular weight is 391 g/mol. The maximum atomic E-state index is 14.0. The van der Waals surface area contributed by atoms with Gasteiger partial charge in [0.15, 0.2) is 0 Å². The molecule has 0 spiro atoms. The lowest BCUT2D eigenvalue weighted by Gasteiger charge is -2.18. The van der Waals surface area contributed by atoms with Gasteiger partial charge < -0.3 is 15.2 Å². The quantitative estimate of drug-likeness (QED) is 0.628. The first-order valence-corrected chi connectivity index (χ1v) is 10.3. The molecule has 0 fully saturated rings. The molecule has 26 heavy (non-hydrogen) atoms. The number of amides is 1. The molecule has 1 unspecified atom stereocenters. The first-order chi connectivity index (χ1) is 12.4. The van der Waals surface area contributed by atoms with Crippen LogP contribution < -0.4 is 16.3 Å². The van der Waals surface area contributed by atoms with Crippen molar-refractivity contribution in [2.24, 2.45) is 5.73 Å². The second-order valence-corrected chi connectivity index (χ2v) is 8.92. The number of fused-ring (bicyclic) bond motifs is 1. The molecule has 3 rings (SSSR count). The van der Waals surface area contributed by atoms with Gasteiger partial charge in [-0.1, -0.05) is 37.1 Å². The molecule has 1 atom stereocenters. The molecule has 0 radical (unpaired) electrons. The average Bonchev–Trinajstić information content (AvgIpc) is 3.01. The van der Waals surface area contributed by atoms with Crippen LogP contribution >= 0.6 is 19.0 Å². The highest BCUT2D eigenvalue weighted by Crippen LogP contribution is 2.47. The van der Waals surface area contributed by atoms with Crippen LogP contribution in [-0.2, 0) is 15.5 Å². The molecule has 0 aliphatic carbocycles. The Balaban J connectivity index is 2.32. The van der Waals surface area contributed by atoms with E-state index in [9.17, 15) is 9.36 Å². The molecule has 5 nitrogen and oxygen atoms in total. The Labute approximate surface area is 156 Å². The summed E-state index contributed by atoms with van der Waals surface area (Å²) in [7, 11) is -2.18. The van der Waals surface area contributed by atoms with Crippen molar-refractivity contribution in [3.05, 3.63) is 58.7 Å². The Morgan fingerprint density at radius 1 is 1.27 bits per heavy atom. The van der Waals surface area contributed by atoms with Crippen molar-refractivity contribution in [1.29, 1.82) is 0 Å². The van der Waals surface area contributed by atoms with Crippen LogP contribution in [0.3, 0.4) is 0 Å². The summed E-state index contributed by atoms with van der Waals surface area (Å²) in [5.41, 5.74) is 7.30. The molecule has 3 N–H and O–H groups in total. The third kappa shape index (κ3) is 3.18. The van der Waals surface area contributed by atoms with Gasteiger partial charge in [0.05, 0.1) is 5.30 Å². The maximum Gasteiger partial charge on any atom is 0.266 e. The number of aryl methyl sites for hydroxylation is 1. The number of carbonyl (C=O) groups is 1. The van der Waals surface area contributed by atoms with Gasteiger partial charge in [-0.25, -0.2) is 0 Å². The fourth-order valence-electron chi connectivity index (χ4n) is 3.14. The second kappa shape index (κ2) is 7.28. The third-order valence-electron chi connectivity index (χ3n) is 4.32. The van der Waals surface area contributed by atoms with E-state index in [1.165, 1.54) is 7.11 Å². The highest BCUT2D eigenvalue weighted by molar-refractivity contribution is 7.75. The standard InChI is InChI=1S/C19H20ClN2O3P/c1-3-5-12-6-4-7-14(10-12)26(24,25-2)18-15-11-13(20)8-9-16(15)22-17(18)19(21)23/h4,6-11,22H,3,5H2,1-2H3,(H2,21,23). The normalized spacial score (nSPS) is 13.7. The van der Waals surface area contributed by atoms with Crippen LogP contribution in [0.1, 0.15) is 29.4 Å².